The molecule has 0 aliphatic rings. The van der Waals surface area contributed by atoms with Gasteiger partial charge in [-0.05, 0) is 50.2 Å². The summed E-state index contributed by atoms with van der Waals surface area (Å²) in [6.07, 6.45) is 1.45. The molecule has 0 heterocycles. The first kappa shape index (κ1) is 17.2. The van der Waals surface area contributed by atoms with Crippen LogP contribution in [0.25, 0.3) is 0 Å². The first-order valence-electron chi connectivity index (χ1n) is 7.57. The van der Waals surface area contributed by atoms with E-state index in [4.69, 9.17) is 15.9 Å². The molecule has 0 atom stereocenters. The minimum absolute atomic E-state index is 0.323. The molecule has 122 valence electrons. The zero-order chi connectivity index (χ0) is 17.5. The summed E-state index contributed by atoms with van der Waals surface area (Å²) in [7, 11) is 0. The van der Waals surface area contributed by atoms with Gasteiger partial charge in [0.05, 0.1) is 5.71 Å². The molecule has 4 heteroatoms. The zero-order valence-electron chi connectivity index (χ0n) is 13.9. The molecule has 24 heavy (non-hydrogen) atoms. The third-order valence-electron chi connectivity index (χ3n) is 3.41. The highest BCUT2D eigenvalue weighted by molar-refractivity contribution is 6.28. The number of aliphatic imine (C=N–C) groups is 1. The average molecular weight is 319 g/mol. The smallest absolute Gasteiger partial charge is 0.127 e. The highest BCUT2D eigenvalue weighted by Gasteiger charge is 2.13. The van der Waals surface area contributed by atoms with Crippen molar-refractivity contribution in [3.05, 3.63) is 84.2 Å². The fourth-order valence-electron chi connectivity index (χ4n) is 2.32. The molecule has 0 unspecified atom stereocenters. The Labute approximate surface area is 142 Å². The summed E-state index contributed by atoms with van der Waals surface area (Å²) in [5.74, 6) is 1.48. The van der Waals surface area contributed by atoms with Crippen molar-refractivity contribution in [2.45, 2.75) is 13.8 Å². The van der Waals surface area contributed by atoms with Crippen LogP contribution in [0, 0.1) is 5.41 Å². The number of para-hydroxylation sites is 1. The normalized spacial score (nSPS) is 12.3. The molecule has 3 N–H and O–H groups in total. The molecule has 0 radical (unpaired) electrons. The van der Waals surface area contributed by atoms with Crippen LogP contribution in [0.1, 0.15) is 19.4 Å². The van der Waals surface area contributed by atoms with Crippen LogP contribution in [0.3, 0.4) is 0 Å². The molecule has 0 saturated carbocycles. The van der Waals surface area contributed by atoms with Crippen molar-refractivity contribution in [1.29, 1.82) is 5.41 Å². The molecular weight excluding hydrogens is 298 g/mol. The van der Waals surface area contributed by atoms with Crippen LogP contribution in [-0.4, -0.2) is 11.4 Å². The fourth-order valence-corrected chi connectivity index (χ4v) is 2.32. The Hall–Kier alpha value is -3.14. The molecule has 0 aliphatic heterocycles. The van der Waals surface area contributed by atoms with Crippen molar-refractivity contribution in [2.75, 3.05) is 0 Å². The maximum Gasteiger partial charge on any atom is 0.127 e. The quantitative estimate of drug-likeness (QED) is 0.759. The minimum Gasteiger partial charge on any atom is -0.457 e. The second kappa shape index (κ2) is 7.92. The van der Waals surface area contributed by atoms with E-state index in [0.29, 0.717) is 28.4 Å². The van der Waals surface area contributed by atoms with E-state index in [1.165, 1.54) is 6.20 Å². The van der Waals surface area contributed by atoms with Crippen LogP contribution >= 0.6 is 0 Å². The largest absolute Gasteiger partial charge is 0.457 e. The summed E-state index contributed by atoms with van der Waals surface area (Å²) in [5.41, 5.74) is 8.84. The molecule has 2 rings (SSSR count). The topological polar surface area (TPSA) is 71.5 Å². The highest BCUT2D eigenvalue weighted by Crippen LogP contribution is 2.22. The van der Waals surface area contributed by atoms with Gasteiger partial charge in [0, 0.05) is 28.7 Å². The lowest BCUT2D eigenvalue weighted by Crippen LogP contribution is -2.16. The van der Waals surface area contributed by atoms with Crippen LogP contribution in [0.5, 0.6) is 11.5 Å². The summed E-state index contributed by atoms with van der Waals surface area (Å²) >= 11 is 0. The average Bonchev–Trinajstić information content (AvgIpc) is 2.56. The number of nitrogens with two attached hydrogens (primary N) is 1. The third-order valence-corrected chi connectivity index (χ3v) is 3.41. The van der Waals surface area contributed by atoms with Gasteiger partial charge in [-0.1, -0.05) is 24.8 Å². The van der Waals surface area contributed by atoms with Crippen LogP contribution in [0.2, 0.25) is 0 Å². The first-order valence-corrected chi connectivity index (χ1v) is 7.57. The first-order chi connectivity index (χ1) is 11.5. The van der Waals surface area contributed by atoms with E-state index >= 15 is 0 Å². The summed E-state index contributed by atoms with van der Waals surface area (Å²) in [4.78, 5) is 4.14. The van der Waals surface area contributed by atoms with Crippen molar-refractivity contribution in [3.63, 3.8) is 0 Å². The van der Waals surface area contributed by atoms with E-state index in [1.54, 1.807) is 6.92 Å². The number of nitrogens with one attached hydrogen (secondary N) is 1. The second-order valence-electron chi connectivity index (χ2n) is 5.27. The molecule has 2 aromatic carbocycles. The molecule has 4 nitrogen and oxygen atoms in total. The molecule has 0 spiro atoms. The number of hydrogen-bond donors (Lipinski definition) is 2. The van der Waals surface area contributed by atoms with Crippen molar-refractivity contribution < 1.29 is 4.74 Å². The van der Waals surface area contributed by atoms with Gasteiger partial charge >= 0.3 is 0 Å². The van der Waals surface area contributed by atoms with Gasteiger partial charge < -0.3 is 10.5 Å². The van der Waals surface area contributed by atoms with Gasteiger partial charge in [-0.25, -0.2) is 0 Å². The monoisotopic (exact) mass is 319 g/mol. The third kappa shape index (κ3) is 4.20. The molecule has 0 amide bonds. The molecule has 0 saturated heterocycles. The van der Waals surface area contributed by atoms with Crippen molar-refractivity contribution in [3.8, 4) is 11.5 Å². The Balaban J connectivity index is 2.23. The Bertz CT molecular complexity index is 783. The SMILES string of the molecule is C=CN=C(C)/C(C(=N)c1ccc(Oc2ccccc2)cc1)=C(\C)N. The maximum absolute atomic E-state index is 8.42. The number of allylic oxidation sites excluding steroid dienone is 2. The number of nitrogens with zero attached hydrogens (tertiary/aromatic N) is 1. The van der Waals surface area contributed by atoms with Crippen molar-refractivity contribution in [1.82, 2.24) is 0 Å². The number of hydrogen-bond acceptors (Lipinski definition) is 4. The van der Waals surface area contributed by atoms with Crippen LogP contribution in [-0.2, 0) is 0 Å². The van der Waals surface area contributed by atoms with E-state index in [0.717, 1.165) is 11.3 Å². The Morgan fingerprint density at radius 1 is 1.04 bits per heavy atom. The Kier molecular flexibility index (Phi) is 5.68. The second-order valence-corrected chi connectivity index (χ2v) is 5.27. The summed E-state index contributed by atoms with van der Waals surface area (Å²) in [6.45, 7) is 7.17. The lowest BCUT2D eigenvalue weighted by molar-refractivity contribution is 0.482. The summed E-state index contributed by atoms with van der Waals surface area (Å²) in [6, 6.07) is 16.9. The Morgan fingerprint density at radius 2 is 1.62 bits per heavy atom. The predicted octanol–water partition coefficient (Wildman–Crippen LogP) is 4.68. The highest BCUT2D eigenvalue weighted by atomic mass is 16.5. The molecule has 2 aromatic rings. The van der Waals surface area contributed by atoms with Gasteiger partial charge in [-0.2, -0.15) is 0 Å². The molecule has 0 bridgehead atoms. The van der Waals surface area contributed by atoms with Gasteiger partial charge in [-0.15, -0.1) is 0 Å². The lowest BCUT2D eigenvalue weighted by atomic mass is 9.97. The predicted molar refractivity (Wildman–Crippen MR) is 100.0 cm³/mol. The number of rotatable bonds is 6. The number of benzene rings is 2. The van der Waals surface area contributed by atoms with E-state index in [2.05, 4.69) is 11.6 Å². The van der Waals surface area contributed by atoms with E-state index in [1.807, 2.05) is 61.5 Å². The van der Waals surface area contributed by atoms with Gasteiger partial charge in [0.2, 0.25) is 0 Å². The molecule has 0 fully saturated rings. The Morgan fingerprint density at radius 3 is 2.17 bits per heavy atom. The number of ether oxygens (including phenoxy) is 1. The molecule has 0 aromatic heterocycles. The minimum atomic E-state index is 0.323. The van der Waals surface area contributed by atoms with E-state index in [-0.39, 0.29) is 0 Å². The van der Waals surface area contributed by atoms with Crippen LogP contribution in [0.15, 0.2) is 83.6 Å². The van der Waals surface area contributed by atoms with Crippen molar-refractivity contribution >= 4 is 11.4 Å². The van der Waals surface area contributed by atoms with E-state index in [9.17, 15) is 0 Å². The lowest BCUT2D eigenvalue weighted by Gasteiger charge is -2.12. The summed E-state index contributed by atoms with van der Waals surface area (Å²) in [5, 5.41) is 8.42. The standard InChI is InChI=1S/C20H21N3O/c1-4-23-15(3)19(14(2)21)20(22)16-10-12-18(13-11-16)24-17-8-6-5-7-9-17/h4-13,22H,1,21H2,2-3H3/b19-14-,22-20?,23-15?. The maximum atomic E-state index is 8.42. The van der Waals surface area contributed by atoms with Gasteiger partial charge in [0.15, 0.2) is 0 Å². The van der Waals surface area contributed by atoms with Gasteiger partial charge in [0.1, 0.15) is 11.5 Å². The van der Waals surface area contributed by atoms with Gasteiger partial charge in [-0.3, -0.25) is 10.4 Å². The van der Waals surface area contributed by atoms with Crippen molar-refractivity contribution in [2.24, 2.45) is 10.7 Å². The van der Waals surface area contributed by atoms with Crippen LogP contribution in [0.4, 0.5) is 0 Å². The summed E-state index contributed by atoms with van der Waals surface area (Å²) < 4.78 is 5.76. The molecular formula is C20H21N3O. The van der Waals surface area contributed by atoms with E-state index < -0.39 is 0 Å². The van der Waals surface area contributed by atoms with Gasteiger partial charge in [0.25, 0.3) is 0 Å². The molecule has 0 aliphatic carbocycles. The zero-order valence-corrected chi connectivity index (χ0v) is 13.9. The van der Waals surface area contributed by atoms with Crippen LogP contribution < -0.4 is 10.5 Å². The fraction of sp³-hybridized carbons (Fsp3) is 0.100.